The van der Waals surface area contributed by atoms with E-state index < -0.39 is 24.3 Å². The number of nitrogens with one attached hydrogen (secondary N) is 2. The SMILES string of the molecule is C[C@H](NC(=O)COC(=O)c1cccnc1Nc1cccc(C(F)(F)F)c1)[C@H]1C[C@@H]2CC[C@@H]1C2. The Kier molecular flexibility index (Phi) is 6.58. The van der Waals surface area contributed by atoms with Crippen LogP contribution in [-0.2, 0) is 15.7 Å². The fourth-order valence-electron chi connectivity index (χ4n) is 5.10. The summed E-state index contributed by atoms with van der Waals surface area (Å²) in [7, 11) is 0. The van der Waals surface area contributed by atoms with Crippen LogP contribution in [0.3, 0.4) is 0 Å². The molecule has 2 aromatic rings. The van der Waals surface area contributed by atoms with Gasteiger partial charge in [0, 0.05) is 17.9 Å². The van der Waals surface area contributed by atoms with Gasteiger partial charge in [0.2, 0.25) is 0 Å². The van der Waals surface area contributed by atoms with Crippen LogP contribution < -0.4 is 10.6 Å². The summed E-state index contributed by atoms with van der Waals surface area (Å²) in [6, 6.07) is 7.52. The fraction of sp³-hybridized carbons (Fsp3) is 0.458. The van der Waals surface area contributed by atoms with E-state index in [1.165, 1.54) is 49.7 Å². The first-order valence-electron chi connectivity index (χ1n) is 11.1. The number of aromatic nitrogens is 1. The van der Waals surface area contributed by atoms with Crippen molar-refractivity contribution in [3.8, 4) is 0 Å². The van der Waals surface area contributed by atoms with Gasteiger partial charge in [-0.15, -0.1) is 0 Å². The fourth-order valence-corrected chi connectivity index (χ4v) is 5.10. The van der Waals surface area contributed by atoms with Gasteiger partial charge < -0.3 is 15.4 Å². The monoisotopic (exact) mass is 461 g/mol. The number of carbonyl (C=O) groups excluding carboxylic acids is 2. The second kappa shape index (κ2) is 9.41. The summed E-state index contributed by atoms with van der Waals surface area (Å²) in [5.41, 5.74) is -0.687. The van der Waals surface area contributed by atoms with Gasteiger partial charge in [0.25, 0.3) is 5.91 Å². The number of esters is 1. The first-order valence-corrected chi connectivity index (χ1v) is 11.1. The normalized spacial score (nSPS) is 22.6. The molecule has 2 bridgehead atoms. The number of anilines is 2. The van der Waals surface area contributed by atoms with Crippen LogP contribution in [0.1, 0.15) is 48.5 Å². The Morgan fingerprint density at radius 2 is 2.00 bits per heavy atom. The van der Waals surface area contributed by atoms with E-state index in [1.807, 2.05) is 6.92 Å². The minimum Gasteiger partial charge on any atom is -0.452 e. The molecule has 0 spiro atoms. The summed E-state index contributed by atoms with van der Waals surface area (Å²) in [5.74, 6) is 0.760. The van der Waals surface area contributed by atoms with E-state index in [4.69, 9.17) is 4.74 Å². The molecule has 6 nitrogen and oxygen atoms in total. The predicted molar refractivity (Wildman–Crippen MR) is 116 cm³/mol. The van der Waals surface area contributed by atoms with E-state index in [9.17, 15) is 22.8 Å². The lowest BCUT2D eigenvalue weighted by Crippen LogP contribution is -2.42. The number of halogens is 3. The molecular weight excluding hydrogens is 435 g/mol. The van der Waals surface area contributed by atoms with Crippen molar-refractivity contribution in [2.45, 2.75) is 44.8 Å². The van der Waals surface area contributed by atoms with Crippen molar-refractivity contribution >= 4 is 23.4 Å². The van der Waals surface area contributed by atoms with Crippen LogP contribution in [0.25, 0.3) is 0 Å². The van der Waals surface area contributed by atoms with Crippen LogP contribution in [-0.4, -0.2) is 29.5 Å². The van der Waals surface area contributed by atoms with Gasteiger partial charge in [-0.2, -0.15) is 13.2 Å². The highest BCUT2D eigenvalue weighted by Gasteiger charge is 2.42. The van der Waals surface area contributed by atoms with E-state index in [-0.39, 0.29) is 29.0 Å². The van der Waals surface area contributed by atoms with Crippen molar-refractivity contribution in [1.82, 2.24) is 10.3 Å². The summed E-state index contributed by atoms with van der Waals surface area (Å²) in [6.45, 7) is 1.55. The number of fused-ring (bicyclic) bond motifs is 2. The maximum absolute atomic E-state index is 13.0. The van der Waals surface area contributed by atoms with Gasteiger partial charge in [0.1, 0.15) is 11.4 Å². The maximum atomic E-state index is 13.0. The third kappa shape index (κ3) is 5.46. The molecule has 0 aliphatic heterocycles. The van der Waals surface area contributed by atoms with Gasteiger partial charge in [0.15, 0.2) is 6.61 Å². The van der Waals surface area contributed by atoms with E-state index >= 15 is 0 Å². The number of pyridine rings is 1. The Morgan fingerprint density at radius 1 is 1.18 bits per heavy atom. The van der Waals surface area contributed by atoms with E-state index in [0.29, 0.717) is 11.8 Å². The average molecular weight is 461 g/mol. The third-order valence-electron chi connectivity index (χ3n) is 6.64. The summed E-state index contributed by atoms with van der Waals surface area (Å²) in [5, 5.41) is 5.66. The van der Waals surface area contributed by atoms with Crippen LogP contribution in [0.2, 0.25) is 0 Å². The van der Waals surface area contributed by atoms with E-state index in [1.54, 1.807) is 0 Å². The molecule has 2 aliphatic rings. The second-order valence-corrected chi connectivity index (χ2v) is 8.87. The Balaban J connectivity index is 1.35. The molecule has 2 N–H and O–H groups in total. The Morgan fingerprint density at radius 3 is 2.70 bits per heavy atom. The Bertz CT molecular complexity index is 1030. The number of nitrogens with zero attached hydrogens (tertiary/aromatic N) is 1. The van der Waals surface area contributed by atoms with Gasteiger partial charge in [-0.25, -0.2) is 9.78 Å². The van der Waals surface area contributed by atoms with Crippen molar-refractivity contribution in [2.24, 2.45) is 17.8 Å². The number of hydrogen-bond acceptors (Lipinski definition) is 5. The third-order valence-corrected chi connectivity index (χ3v) is 6.64. The molecule has 1 aromatic carbocycles. The number of ether oxygens (including phenoxy) is 1. The molecule has 0 radical (unpaired) electrons. The lowest BCUT2D eigenvalue weighted by atomic mass is 9.84. The van der Waals surface area contributed by atoms with Crippen LogP contribution >= 0.6 is 0 Å². The molecular formula is C24H26F3N3O3. The van der Waals surface area contributed by atoms with Crippen LogP contribution in [0.5, 0.6) is 0 Å². The molecule has 1 aromatic heterocycles. The van der Waals surface area contributed by atoms with Gasteiger partial charge in [-0.3, -0.25) is 4.79 Å². The molecule has 4 atom stereocenters. The summed E-state index contributed by atoms with van der Waals surface area (Å²) in [6.07, 6.45) is 1.77. The van der Waals surface area contributed by atoms with Crippen molar-refractivity contribution in [2.75, 3.05) is 11.9 Å². The highest BCUT2D eigenvalue weighted by Crippen LogP contribution is 2.49. The molecule has 2 saturated carbocycles. The molecule has 2 fully saturated rings. The number of benzene rings is 1. The topological polar surface area (TPSA) is 80.3 Å². The maximum Gasteiger partial charge on any atom is 0.416 e. The molecule has 0 saturated heterocycles. The largest absolute Gasteiger partial charge is 0.452 e. The standard InChI is InChI=1S/C24H26F3N3O3/c1-14(20-11-15-7-8-16(20)10-15)29-21(31)13-33-23(32)19-6-3-9-28-22(19)30-18-5-2-4-17(12-18)24(25,26)27/h2-6,9,12,14-16,20H,7-8,10-11,13H2,1H3,(H,28,30)(H,29,31)/t14-,15+,16+,20+/m0/s1. The van der Waals surface area contributed by atoms with Gasteiger partial charge in [0.05, 0.1) is 5.56 Å². The molecule has 1 amide bonds. The predicted octanol–water partition coefficient (Wildman–Crippen LogP) is 4.94. The first kappa shape index (κ1) is 23.1. The molecule has 4 rings (SSSR count). The van der Waals surface area contributed by atoms with Gasteiger partial charge in [-0.1, -0.05) is 12.5 Å². The molecule has 9 heteroatoms. The number of alkyl halides is 3. The van der Waals surface area contributed by atoms with Crippen LogP contribution in [0, 0.1) is 17.8 Å². The molecule has 176 valence electrons. The van der Waals surface area contributed by atoms with Crippen LogP contribution in [0.4, 0.5) is 24.7 Å². The van der Waals surface area contributed by atoms with Crippen molar-refractivity contribution in [3.05, 3.63) is 53.7 Å². The zero-order valence-corrected chi connectivity index (χ0v) is 18.2. The van der Waals surface area contributed by atoms with Crippen molar-refractivity contribution in [3.63, 3.8) is 0 Å². The lowest BCUT2D eigenvalue weighted by Gasteiger charge is -2.28. The van der Waals surface area contributed by atoms with E-state index in [2.05, 4.69) is 15.6 Å². The molecule has 0 unspecified atom stereocenters. The number of amides is 1. The Labute approximate surface area is 189 Å². The van der Waals surface area contributed by atoms with E-state index in [0.717, 1.165) is 24.5 Å². The van der Waals surface area contributed by atoms with Crippen molar-refractivity contribution < 1.29 is 27.5 Å². The minimum absolute atomic E-state index is 0.0167. The first-order chi connectivity index (χ1) is 15.7. The summed E-state index contributed by atoms with van der Waals surface area (Å²) in [4.78, 5) is 28.9. The highest BCUT2D eigenvalue weighted by atomic mass is 19.4. The highest BCUT2D eigenvalue weighted by molar-refractivity contribution is 5.96. The molecule has 33 heavy (non-hydrogen) atoms. The molecule has 2 aliphatic carbocycles. The van der Waals surface area contributed by atoms with Gasteiger partial charge in [-0.05, 0) is 74.3 Å². The summed E-state index contributed by atoms with van der Waals surface area (Å²) >= 11 is 0. The zero-order chi connectivity index (χ0) is 23.6. The Hall–Kier alpha value is -3.10. The average Bonchev–Trinajstić information content (AvgIpc) is 3.41. The number of rotatable bonds is 7. The minimum atomic E-state index is -4.49. The quantitative estimate of drug-likeness (QED) is 0.571. The smallest absolute Gasteiger partial charge is 0.416 e. The number of carbonyl (C=O) groups is 2. The number of hydrogen-bond donors (Lipinski definition) is 2. The van der Waals surface area contributed by atoms with Crippen LogP contribution in [0.15, 0.2) is 42.6 Å². The summed E-state index contributed by atoms with van der Waals surface area (Å²) < 4.78 is 44.1. The second-order valence-electron chi connectivity index (χ2n) is 8.87. The lowest BCUT2D eigenvalue weighted by molar-refractivity contribution is -0.137. The zero-order valence-electron chi connectivity index (χ0n) is 18.2. The van der Waals surface area contributed by atoms with Gasteiger partial charge >= 0.3 is 12.1 Å². The van der Waals surface area contributed by atoms with Crippen molar-refractivity contribution in [1.29, 1.82) is 0 Å². The molecule has 1 heterocycles.